The lowest BCUT2D eigenvalue weighted by atomic mass is 10.1. The number of ether oxygens (including phenoxy) is 1. The molecule has 1 aromatic rings. The molecule has 0 heterocycles. The topological polar surface area (TPSA) is 86.5 Å². The molecule has 88 valence electrons. The van der Waals surface area contributed by atoms with Crippen LogP contribution in [0.1, 0.15) is 10.4 Å². The van der Waals surface area contributed by atoms with Gasteiger partial charge in [0.2, 0.25) is 15.8 Å². The number of hydrogen-bond donors (Lipinski definition) is 1. The fraction of sp³-hybridized carbons (Fsp3) is 0.222. The molecule has 1 aromatic carbocycles. The molecule has 0 saturated heterocycles. The van der Waals surface area contributed by atoms with E-state index in [9.17, 15) is 13.2 Å². The third kappa shape index (κ3) is 2.88. The zero-order valence-corrected chi connectivity index (χ0v) is 10.8. The quantitative estimate of drug-likeness (QED) is 0.661. The predicted octanol–water partition coefficient (Wildman–Crippen LogP) is 0.884. The van der Waals surface area contributed by atoms with Crippen molar-refractivity contribution in [2.75, 3.05) is 7.11 Å². The first-order chi connectivity index (χ1) is 7.38. The molecule has 0 aromatic heterocycles. The first-order valence-corrected chi connectivity index (χ1v) is 6.67. The third-order valence-corrected chi connectivity index (χ3v) is 3.63. The lowest BCUT2D eigenvalue weighted by Gasteiger charge is -2.09. The maximum absolute atomic E-state index is 11.8. The highest BCUT2D eigenvalue weighted by atomic mass is 79.9. The average molecular weight is 308 g/mol. The van der Waals surface area contributed by atoms with Gasteiger partial charge in [0.25, 0.3) is 0 Å². The highest BCUT2D eigenvalue weighted by Crippen LogP contribution is 2.18. The van der Waals surface area contributed by atoms with Gasteiger partial charge in [0.1, 0.15) is 0 Å². The van der Waals surface area contributed by atoms with Gasteiger partial charge in [0, 0.05) is 12.7 Å². The van der Waals surface area contributed by atoms with Crippen molar-refractivity contribution >= 4 is 31.7 Å². The van der Waals surface area contributed by atoms with E-state index in [1.807, 2.05) is 0 Å². The maximum Gasteiger partial charge on any atom is 0.238 e. The summed E-state index contributed by atoms with van der Waals surface area (Å²) in [6, 6.07) is 5.71. The van der Waals surface area contributed by atoms with Crippen molar-refractivity contribution < 1.29 is 17.9 Å². The molecule has 0 aliphatic heterocycles. The lowest BCUT2D eigenvalue weighted by molar-refractivity contribution is 0.0801. The zero-order chi connectivity index (χ0) is 12.3. The van der Waals surface area contributed by atoms with Crippen LogP contribution in [0.15, 0.2) is 29.2 Å². The van der Waals surface area contributed by atoms with E-state index in [4.69, 9.17) is 9.88 Å². The molecule has 7 heteroatoms. The Balaban J connectivity index is 3.30. The predicted molar refractivity (Wildman–Crippen MR) is 61.9 cm³/mol. The van der Waals surface area contributed by atoms with Crippen LogP contribution in [-0.2, 0) is 14.8 Å². The number of hydrogen-bond acceptors (Lipinski definition) is 4. The summed E-state index contributed by atoms with van der Waals surface area (Å²) in [6.07, 6.45) is 0. The molecule has 16 heavy (non-hydrogen) atoms. The Hall–Kier alpha value is -0.760. The van der Waals surface area contributed by atoms with E-state index >= 15 is 0 Å². The number of nitrogens with two attached hydrogens (primary N) is 1. The molecule has 0 fully saturated rings. The van der Waals surface area contributed by atoms with E-state index in [0.717, 1.165) is 0 Å². The molecule has 1 rings (SSSR count). The van der Waals surface area contributed by atoms with Crippen molar-refractivity contribution in [1.29, 1.82) is 0 Å². The highest BCUT2D eigenvalue weighted by molar-refractivity contribution is 9.09. The maximum atomic E-state index is 11.8. The molecule has 0 amide bonds. The summed E-state index contributed by atoms with van der Waals surface area (Å²) in [6.45, 7) is 0. The van der Waals surface area contributed by atoms with Gasteiger partial charge in [-0.05, 0) is 28.1 Å². The second-order valence-corrected chi connectivity index (χ2v) is 5.32. The van der Waals surface area contributed by atoms with Crippen LogP contribution in [0, 0.1) is 0 Å². The van der Waals surface area contributed by atoms with E-state index in [-0.39, 0.29) is 10.5 Å². The van der Waals surface area contributed by atoms with Gasteiger partial charge in [-0.25, -0.2) is 13.6 Å². The van der Waals surface area contributed by atoms with Crippen LogP contribution in [0.25, 0.3) is 0 Å². The average Bonchev–Trinajstić information content (AvgIpc) is 2.26. The van der Waals surface area contributed by atoms with E-state index in [2.05, 4.69) is 15.9 Å². The van der Waals surface area contributed by atoms with Gasteiger partial charge in [0.05, 0.1) is 4.90 Å². The highest BCUT2D eigenvalue weighted by Gasteiger charge is 2.23. The van der Waals surface area contributed by atoms with Crippen molar-refractivity contribution in [3.05, 3.63) is 29.8 Å². The number of methoxy groups -OCH3 is 1. The Morgan fingerprint density at radius 2 is 2.00 bits per heavy atom. The normalized spacial score (nSPS) is 13.4. The summed E-state index contributed by atoms with van der Waals surface area (Å²) < 4.78 is 27.2. The van der Waals surface area contributed by atoms with Gasteiger partial charge in [-0.1, -0.05) is 12.1 Å². The van der Waals surface area contributed by atoms with Crippen molar-refractivity contribution in [2.45, 2.75) is 9.91 Å². The standard InChI is InChI=1S/C9H10BrNO4S/c1-15-9(10)8(12)6-4-2-3-5-7(6)16(11,13)14/h2-5,9H,1H3,(H2,11,13,14). The van der Waals surface area contributed by atoms with Gasteiger partial charge < -0.3 is 4.74 Å². The van der Waals surface area contributed by atoms with E-state index < -0.39 is 20.8 Å². The molecular weight excluding hydrogens is 298 g/mol. The number of ketones is 1. The van der Waals surface area contributed by atoms with Crippen LogP contribution in [-0.4, -0.2) is 26.3 Å². The van der Waals surface area contributed by atoms with Gasteiger partial charge >= 0.3 is 0 Å². The van der Waals surface area contributed by atoms with Gasteiger partial charge in [0.15, 0.2) is 5.01 Å². The molecule has 0 aliphatic carbocycles. The largest absolute Gasteiger partial charge is 0.362 e. The summed E-state index contributed by atoms with van der Waals surface area (Å²) >= 11 is 2.97. The van der Waals surface area contributed by atoms with Crippen molar-refractivity contribution in [2.24, 2.45) is 5.14 Å². The van der Waals surface area contributed by atoms with Crippen molar-refractivity contribution in [3.8, 4) is 0 Å². The number of halogens is 1. The SMILES string of the molecule is COC(Br)C(=O)c1ccccc1S(N)(=O)=O. The van der Waals surface area contributed by atoms with Crippen LogP contribution in [0.3, 0.4) is 0 Å². The number of carbonyl (C=O) groups excluding carboxylic acids is 1. The van der Waals surface area contributed by atoms with Crippen LogP contribution < -0.4 is 5.14 Å². The Morgan fingerprint density at radius 1 is 1.44 bits per heavy atom. The number of carbonyl (C=O) groups is 1. The Morgan fingerprint density at radius 3 is 2.50 bits per heavy atom. The van der Waals surface area contributed by atoms with Gasteiger partial charge in [-0.2, -0.15) is 0 Å². The van der Waals surface area contributed by atoms with Crippen LogP contribution in [0.4, 0.5) is 0 Å². The molecule has 0 saturated carbocycles. The van der Waals surface area contributed by atoms with Gasteiger partial charge in [-0.15, -0.1) is 0 Å². The first-order valence-electron chi connectivity index (χ1n) is 4.21. The van der Waals surface area contributed by atoms with E-state index in [1.165, 1.54) is 25.3 Å². The fourth-order valence-electron chi connectivity index (χ4n) is 1.15. The number of primary sulfonamides is 1. The zero-order valence-electron chi connectivity index (χ0n) is 8.38. The van der Waals surface area contributed by atoms with Crippen LogP contribution in [0.5, 0.6) is 0 Å². The minimum absolute atomic E-state index is 0.00808. The Bertz CT molecular complexity index is 500. The molecule has 0 spiro atoms. The lowest BCUT2D eigenvalue weighted by Crippen LogP contribution is -2.21. The Kier molecular flexibility index (Phi) is 4.20. The smallest absolute Gasteiger partial charge is 0.238 e. The van der Waals surface area contributed by atoms with E-state index in [0.29, 0.717) is 0 Å². The second kappa shape index (κ2) is 5.05. The summed E-state index contributed by atoms with van der Waals surface area (Å²) in [4.78, 5) is 11.5. The van der Waals surface area contributed by atoms with Crippen molar-refractivity contribution in [1.82, 2.24) is 0 Å². The van der Waals surface area contributed by atoms with Crippen LogP contribution in [0.2, 0.25) is 0 Å². The molecule has 0 bridgehead atoms. The summed E-state index contributed by atoms with van der Waals surface area (Å²) in [5, 5.41) is 4.11. The number of sulfonamides is 1. The molecule has 5 nitrogen and oxygen atoms in total. The Labute approximate surface area is 102 Å². The number of benzene rings is 1. The third-order valence-electron chi connectivity index (χ3n) is 1.87. The fourth-order valence-corrected chi connectivity index (χ4v) is 2.14. The van der Waals surface area contributed by atoms with Crippen molar-refractivity contribution in [3.63, 3.8) is 0 Å². The monoisotopic (exact) mass is 307 g/mol. The van der Waals surface area contributed by atoms with E-state index in [1.54, 1.807) is 6.07 Å². The molecule has 1 atom stereocenters. The minimum atomic E-state index is -3.92. The minimum Gasteiger partial charge on any atom is -0.362 e. The summed E-state index contributed by atoms with van der Waals surface area (Å²) in [5.41, 5.74) is 0.00808. The molecule has 0 aliphatic rings. The molecular formula is C9H10BrNO4S. The van der Waals surface area contributed by atoms with Crippen LogP contribution >= 0.6 is 15.9 Å². The number of rotatable bonds is 4. The first kappa shape index (κ1) is 13.3. The summed E-state index contributed by atoms with van der Waals surface area (Å²) in [5.74, 6) is -0.493. The van der Waals surface area contributed by atoms with Gasteiger partial charge in [-0.3, -0.25) is 4.79 Å². The number of Topliss-reactive ketones (excluding diaryl/α,β-unsaturated/α-hetero) is 1. The summed E-state index contributed by atoms with van der Waals surface area (Å²) in [7, 11) is -2.59. The second-order valence-electron chi connectivity index (χ2n) is 2.96. The number of alkyl halides is 1. The molecule has 0 radical (unpaired) electrons. The molecule has 1 unspecified atom stereocenters. The molecule has 2 N–H and O–H groups in total.